The van der Waals surface area contributed by atoms with E-state index in [1.807, 2.05) is 0 Å². The van der Waals surface area contributed by atoms with Gasteiger partial charge in [-0.1, -0.05) is 41.5 Å². The predicted molar refractivity (Wildman–Crippen MR) is 76.1 cm³/mol. The molecule has 2 unspecified atom stereocenters. The number of hydrogen-bond donors (Lipinski definition) is 1. The molecule has 16 heavy (non-hydrogen) atoms. The van der Waals surface area contributed by atoms with Crippen LogP contribution in [-0.2, 0) is 0 Å². The van der Waals surface area contributed by atoms with E-state index < -0.39 is 0 Å². The third kappa shape index (κ3) is 4.67. The molecule has 2 heteroatoms. The van der Waals surface area contributed by atoms with Gasteiger partial charge in [-0.05, 0) is 35.5 Å². The first-order valence-electron chi connectivity index (χ1n) is 6.52. The van der Waals surface area contributed by atoms with E-state index in [4.69, 9.17) is 0 Å². The molecule has 1 nitrogen and oxygen atoms in total. The summed E-state index contributed by atoms with van der Waals surface area (Å²) in [6, 6.07) is 0.721. The summed E-state index contributed by atoms with van der Waals surface area (Å²) >= 11 is 2.11. The van der Waals surface area contributed by atoms with Crippen LogP contribution in [0.2, 0.25) is 0 Å². The Bertz CT molecular complexity index is 217. The Kier molecular flexibility index (Phi) is 4.76. The summed E-state index contributed by atoms with van der Waals surface area (Å²) in [5, 5.41) is 3.76. The highest BCUT2D eigenvalue weighted by Crippen LogP contribution is 2.33. The highest BCUT2D eigenvalue weighted by Gasteiger charge is 2.29. The molecule has 0 radical (unpaired) electrons. The van der Waals surface area contributed by atoms with Gasteiger partial charge in [0.2, 0.25) is 0 Å². The minimum atomic E-state index is 0.421. The van der Waals surface area contributed by atoms with Crippen LogP contribution < -0.4 is 5.32 Å². The topological polar surface area (TPSA) is 12.0 Å². The van der Waals surface area contributed by atoms with Gasteiger partial charge in [0.25, 0.3) is 0 Å². The summed E-state index contributed by atoms with van der Waals surface area (Å²) in [6.07, 6.45) is 1.33. The van der Waals surface area contributed by atoms with E-state index in [-0.39, 0.29) is 0 Å². The van der Waals surface area contributed by atoms with Gasteiger partial charge < -0.3 is 5.32 Å². The van der Waals surface area contributed by atoms with Crippen molar-refractivity contribution < 1.29 is 0 Å². The third-order valence-corrected chi connectivity index (χ3v) is 5.43. The molecule has 1 saturated heterocycles. The lowest BCUT2D eigenvalue weighted by Gasteiger charge is -2.37. The van der Waals surface area contributed by atoms with Crippen LogP contribution in [-0.4, -0.2) is 24.1 Å². The van der Waals surface area contributed by atoms with Crippen LogP contribution in [0.4, 0.5) is 0 Å². The van der Waals surface area contributed by atoms with Crippen LogP contribution >= 0.6 is 11.8 Å². The molecule has 1 aliphatic rings. The smallest absolute Gasteiger partial charge is 0.0163 e. The molecule has 0 aromatic heterocycles. The molecule has 0 bridgehead atoms. The summed E-state index contributed by atoms with van der Waals surface area (Å²) < 4.78 is 0. The van der Waals surface area contributed by atoms with Crippen molar-refractivity contribution in [1.29, 1.82) is 0 Å². The summed E-state index contributed by atoms with van der Waals surface area (Å²) in [5.74, 6) is 3.35. The van der Waals surface area contributed by atoms with Crippen molar-refractivity contribution >= 4 is 11.8 Å². The minimum Gasteiger partial charge on any atom is -0.313 e. The SMILES string of the molecule is CC(CNC1CSCC(C)(C)C1)C(C)(C)C. The normalized spacial score (nSPS) is 27.8. The first-order valence-corrected chi connectivity index (χ1v) is 7.67. The van der Waals surface area contributed by atoms with Crippen molar-refractivity contribution in [3.63, 3.8) is 0 Å². The fraction of sp³-hybridized carbons (Fsp3) is 1.00. The van der Waals surface area contributed by atoms with Gasteiger partial charge in [-0.3, -0.25) is 0 Å². The van der Waals surface area contributed by atoms with Crippen molar-refractivity contribution in [3.05, 3.63) is 0 Å². The van der Waals surface area contributed by atoms with Crippen molar-refractivity contribution in [1.82, 2.24) is 5.32 Å². The van der Waals surface area contributed by atoms with Crippen molar-refractivity contribution in [2.24, 2.45) is 16.7 Å². The fourth-order valence-electron chi connectivity index (χ4n) is 2.04. The van der Waals surface area contributed by atoms with Crippen molar-refractivity contribution in [3.8, 4) is 0 Å². The van der Waals surface area contributed by atoms with E-state index in [0.29, 0.717) is 10.8 Å². The molecule has 0 amide bonds. The number of nitrogens with one attached hydrogen (secondary N) is 1. The summed E-state index contributed by atoms with van der Waals surface area (Å²) in [5.41, 5.74) is 0.940. The number of hydrogen-bond acceptors (Lipinski definition) is 2. The lowest BCUT2D eigenvalue weighted by atomic mass is 9.81. The average Bonchev–Trinajstić information content (AvgIpc) is 2.11. The molecule has 96 valence electrons. The summed E-state index contributed by atoms with van der Waals surface area (Å²) in [4.78, 5) is 0. The van der Waals surface area contributed by atoms with E-state index in [2.05, 4.69) is 58.6 Å². The van der Waals surface area contributed by atoms with Gasteiger partial charge in [0.05, 0.1) is 0 Å². The zero-order valence-electron chi connectivity index (χ0n) is 11.9. The molecular formula is C14H29NS. The molecule has 1 rings (SSSR count). The van der Waals surface area contributed by atoms with Gasteiger partial charge in [0, 0.05) is 11.8 Å². The second-order valence-corrected chi connectivity index (χ2v) is 8.29. The maximum atomic E-state index is 3.76. The zero-order chi connectivity index (χ0) is 12.4. The Morgan fingerprint density at radius 1 is 1.38 bits per heavy atom. The average molecular weight is 243 g/mol. The number of rotatable bonds is 3. The van der Waals surface area contributed by atoms with E-state index >= 15 is 0 Å². The summed E-state index contributed by atoms with van der Waals surface area (Å²) in [7, 11) is 0. The monoisotopic (exact) mass is 243 g/mol. The van der Waals surface area contributed by atoms with Crippen LogP contribution in [0, 0.1) is 16.7 Å². The Hall–Kier alpha value is 0.310. The lowest BCUT2D eigenvalue weighted by Crippen LogP contribution is -2.43. The summed E-state index contributed by atoms with van der Waals surface area (Å²) in [6.45, 7) is 15.3. The van der Waals surface area contributed by atoms with Gasteiger partial charge in [-0.25, -0.2) is 0 Å². The van der Waals surface area contributed by atoms with Gasteiger partial charge in [0.1, 0.15) is 0 Å². The van der Waals surface area contributed by atoms with Crippen LogP contribution in [0.3, 0.4) is 0 Å². The van der Waals surface area contributed by atoms with Crippen LogP contribution in [0.15, 0.2) is 0 Å². The molecule has 0 aromatic rings. The third-order valence-electron chi connectivity index (χ3n) is 3.80. The highest BCUT2D eigenvalue weighted by atomic mass is 32.2. The maximum absolute atomic E-state index is 3.76. The second kappa shape index (κ2) is 5.30. The van der Waals surface area contributed by atoms with Crippen molar-refractivity contribution in [2.45, 2.75) is 54.0 Å². The van der Waals surface area contributed by atoms with Crippen LogP contribution in [0.25, 0.3) is 0 Å². The van der Waals surface area contributed by atoms with Crippen LogP contribution in [0.1, 0.15) is 48.0 Å². The molecule has 1 aliphatic heterocycles. The van der Waals surface area contributed by atoms with Crippen LogP contribution in [0.5, 0.6) is 0 Å². The molecule has 2 atom stereocenters. The van der Waals surface area contributed by atoms with Gasteiger partial charge in [0.15, 0.2) is 0 Å². The predicted octanol–water partition coefficient (Wildman–Crippen LogP) is 3.79. The number of thioether (sulfide) groups is 1. The van der Waals surface area contributed by atoms with E-state index in [9.17, 15) is 0 Å². The molecular weight excluding hydrogens is 214 g/mol. The van der Waals surface area contributed by atoms with Crippen molar-refractivity contribution in [2.75, 3.05) is 18.1 Å². The second-order valence-electron chi connectivity index (χ2n) is 7.26. The standard InChI is InChI=1S/C14H29NS/c1-11(13(2,3)4)8-15-12-7-14(5,6)10-16-9-12/h11-12,15H,7-10H2,1-6H3. The first-order chi connectivity index (χ1) is 7.21. The highest BCUT2D eigenvalue weighted by molar-refractivity contribution is 7.99. The minimum absolute atomic E-state index is 0.421. The lowest BCUT2D eigenvalue weighted by molar-refractivity contribution is 0.233. The molecule has 1 N–H and O–H groups in total. The van der Waals surface area contributed by atoms with Gasteiger partial charge in [-0.2, -0.15) is 11.8 Å². The van der Waals surface area contributed by atoms with Gasteiger partial charge >= 0.3 is 0 Å². The quantitative estimate of drug-likeness (QED) is 0.809. The fourth-order valence-corrected chi connectivity index (χ4v) is 3.35. The Balaban J connectivity index is 2.33. The largest absolute Gasteiger partial charge is 0.313 e. The Morgan fingerprint density at radius 3 is 2.50 bits per heavy atom. The van der Waals surface area contributed by atoms with E-state index in [1.54, 1.807) is 0 Å². The van der Waals surface area contributed by atoms with E-state index in [1.165, 1.54) is 17.9 Å². The van der Waals surface area contributed by atoms with E-state index in [0.717, 1.165) is 18.5 Å². The van der Waals surface area contributed by atoms with Gasteiger partial charge in [-0.15, -0.1) is 0 Å². The maximum Gasteiger partial charge on any atom is 0.0163 e. The molecule has 0 aromatic carbocycles. The first kappa shape index (κ1) is 14.4. The molecule has 1 heterocycles. The molecule has 0 spiro atoms. The molecule has 0 aliphatic carbocycles. The Morgan fingerprint density at radius 2 is 2.00 bits per heavy atom. The molecule has 1 fully saturated rings. The zero-order valence-corrected chi connectivity index (χ0v) is 12.7. The Labute approximate surface area is 106 Å². The molecule has 0 saturated carbocycles.